The van der Waals surface area contributed by atoms with Crippen molar-refractivity contribution in [1.82, 2.24) is 30.1 Å². The van der Waals surface area contributed by atoms with Gasteiger partial charge in [-0.1, -0.05) is 11.6 Å². The molecule has 0 fully saturated rings. The second kappa shape index (κ2) is 8.38. The molecule has 1 N–H and O–H groups in total. The van der Waals surface area contributed by atoms with E-state index in [9.17, 15) is 9.59 Å². The van der Waals surface area contributed by atoms with Crippen molar-refractivity contribution >= 4 is 17.5 Å². The van der Waals surface area contributed by atoms with Crippen LogP contribution in [0.15, 0.2) is 16.9 Å². The highest BCUT2D eigenvalue weighted by Gasteiger charge is 2.33. The number of ether oxygens (including phenoxy) is 1. The molecule has 1 aliphatic heterocycles. The number of pyridine rings is 1. The zero-order valence-corrected chi connectivity index (χ0v) is 19.4. The van der Waals surface area contributed by atoms with Crippen LogP contribution in [0.25, 0.3) is 11.4 Å². The van der Waals surface area contributed by atoms with Gasteiger partial charge in [0.05, 0.1) is 30.3 Å². The van der Waals surface area contributed by atoms with Crippen molar-refractivity contribution < 1.29 is 9.53 Å². The molecule has 0 atom stereocenters. The number of benzene rings is 1. The highest BCUT2D eigenvalue weighted by Crippen LogP contribution is 2.40. The molecule has 10 heteroatoms. The molecule has 2 aromatic heterocycles. The highest BCUT2D eigenvalue weighted by atomic mass is 35.5. The largest absolute Gasteiger partial charge is 0.489 e. The van der Waals surface area contributed by atoms with Gasteiger partial charge in [-0.3, -0.25) is 9.59 Å². The first-order valence-electron chi connectivity index (χ1n) is 10.4. The van der Waals surface area contributed by atoms with Crippen LogP contribution < -0.4 is 10.3 Å². The van der Waals surface area contributed by atoms with Crippen LogP contribution in [0.4, 0.5) is 0 Å². The number of H-pyrrole nitrogens is 1. The Morgan fingerprint density at radius 2 is 2.00 bits per heavy atom. The summed E-state index contributed by atoms with van der Waals surface area (Å²) in [5.74, 6) is 0.540. The number of aryl methyl sites for hydroxylation is 3. The van der Waals surface area contributed by atoms with Gasteiger partial charge in [0.2, 0.25) is 5.82 Å². The van der Waals surface area contributed by atoms with E-state index in [-0.39, 0.29) is 29.1 Å². The molecule has 0 aliphatic carbocycles. The zero-order valence-electron chi connectivity index (χ0n) is 18.7. The van der Waals surface area contributed by atoms with Crippen molar-refractivity contribution in [2.75, 3.05) is 6.54 Å². The Morgan fingerprint density at radius 1 is 1.25 bits per heavy atom. The minimum atomic E-state index is -0.255. The fourth-order valence-corrected chi connectivity index (χ4v) is 4.31. The van der Waals surface area contributed by atoms with Crippen LogP contribution in [0.5, 0.6) is 5.75 Å². The van der Waals surface area contributed by atoms with Crippen LogP contribution >= 0.6 is 11.6 Å². The Bertz CT molecular complexity index is 1260. The minimum absolute atomic E-state index is 0.142. The van der Waals surface area contributed by atoms with Crippen molar-refractivity contribution in [3.8, 4) is 17.1 Å². The predicted molar refractivity (Wildman–Crippen MR) is 120 cm³/mol. The van der Waals surface area contributed by atoms with E-state index in [0.717, 1.165) is 16.8 Å². The van der Waals surface area contributed by atoms with E-state index in [1.165, 1.54) is 4.80 Å². The van der Waals surface area contributed by atoms with Crippen LogP contribution in [0, 0.1) is 13.8 Å². The number of rotatable bonds is 5. The number of nitrogens with zero attached hydrogens (tertiary/aromatic N) is 5. The lowest BCUT2D eigenvalue weighted by molar-refractivity contribution is 0.0725. The van der Waals surface area contributed by atoms with Gasteiger partial charge in [0, 0.05) is 23.4 Å². The summed E-state index contributed by atoms with van der Waals surface area (Å²) >= 11 is 6.68. The topological polar surface area (TPSA) is 106 Å². The molecule has 1 amide bonds. The number of aromatic amines is 1. The van der Waals surface area contributed by atoms with Gasteiger partial charge in [0.15, 0.2) is 0 Å². The molecule has 0 radical (unpaired) electrons. The van der Waals surface area contributed by atoms with Crippen LogP contribution in [-0.2, 0) is 20.0 Å². The molecule has 0 unspecified atom stereocenters. The van der Waals surface area contributed by atoms with E-state index < -0.39 is 0 Å². The third-order valence-electron chi connectivity index (χ3n) is 5.43. The number of fused-ring (bicyclic) bond motifs is 1. The molecular weight excluding hydrogens is 432 g/mol. The van der Waals surface area contributed by atoms with Crippen molar-refractivity contribution in [3.63, 3.8) is 0 Å². The molecule has 0 saturated heterocycles. The molecule has 3 aromatic rings. The van der Waals surface area contributed by atoms with Crippen LogP contribution in [0.3, 0.4) is 0 Å². The number of halogens is 1. The van der Waals surface area contributed by atoms with E-state index in [1.807, 2.05) is 33.8 Å². The molecule has 1 aliphatic rings. The van der Waals surface area contributed by atoms with Gasteiger partial charge in [-0.2, -0.15) is 4.80 Å². The molecule has 9 nitrogen and oxygen atoms in total. The van der Waals surface area contributed by atoms with Gasteiger partial charge in [-0.05, 0) is 62.6 Å². The molecule has 0 spiro atoms. The molecule has 0 bridgehead atoms. The fraction of sp³-hybridized carbons (Fsp3) is 0.409. The van der Waals surface area contributed by atoms with E-state index in [1.54, 1.807) is 18.0 Å². The molecular formula is C22H25ClN6O3. The average Bonchev–Trinajstić information content (AvgIpc) is 3.13. The smallest absolute Gasteiger partial charge is 0.256 e. The first-order chi connectivity index (χ1) is 15.2. The van der Waals surface area contributed by atoms with Crippen molar-refractivity contribution in [2.45, 2.75) is 46.8 Å². The Morgan fingerprint density at radius 3 is 2.62 bits per heavy atom. The predicted octanol–water partition coefficient (Wildman–Crippen LogP) is 2.82. The Hall–Kier alpha value is -3.20. The molecule has 32 heavy (non-hydrogen) atoms. The van der Waals surface area contributed by atoms with Crippen molar-refractivity contribution in [1.29, 1.82) is 0 Å². The number of hydrogen-bond acceptors (Lipinski definition) is 6. The van der Waals surface area contributed by atoms with Crippen LogP contribution in [0.1, 0.15) is 46.6 Å². The number of amides is 1. The average molecular weight is 457 g/mol. The lowest BCUT2D eigenvalue weighted by atomic mass is 9.92. The third-order valence-corrected chi connectivity index (χ3v) is 5.80. The maximum absolute atomic E-state index is 13.6. The van der Waals surface area contributed by atoms with E-state index in [2.05, 4.69) is 20.4 Å². The minimum Gasteiger partial charge on any atom is -0.489 e. The molecule has 168 valence electrons. The van der Waals surface area contributed by atoms with Gasteiger partial charge in [-0.15, -0.1) is 10.2 Å². The number of carbonyl (C=O) groups excluding carboxylic acids is 1. The quantitative estimate of drug-likeness (QED) is 0.632. The lowest BCUT2D eigenvalue weighted by Crippen LogP contribution is -2.39. The summed E-state index contributed by atoms with van der Waals surface area (Å²) < 4.78 is 5.89. The molecule has 3 heterocycles. The van der Waals surface area contributed by atoms with Gasteiger partial charge < -0.3 is 14.6 Å². The first kappa shape index (κ1) is 22.0. The lowest BCUT2D eigenvalue weighted by Gasteiger charge is -2.31. The highest BCUT2D eigenvalue weighted by molar-refractivity contribution is 6.35. The van der Waals surface area contributed by atoms with Gasteiger partial charge in [0.25, 0.3) is 11.5 Å². The fourth-order valence-electron chi connectivity index (χ4n) is 4.01. The number of nitrogens with one attached hydrogen (secondary N) is 1. The molecule has 1 aromatic carbocycles. The Labute approximate surface area is 190 Å². The van der Waals surface area contributed by atoms with Crippen molar-refractivity contribution in [2.24, 2.45) is 7.05 Å². The van der Waals surface area contributed by atoms with Crippen LogP contribution in [0.2, 0.25) is 5.02 Å². The van der Waals surface area contributed by atoms with Crippen LogP contribution in [-0.4, -0.2) is 48.6 Å². The number of carbonyl (C=O) groups is 1. The number of tetrazole rings is 1. The number of hydrogen-bond donors (Lipinski definition) is 1. The summed E-state index contributed by atoms with van der Waals surface area (Å²) in [6.07, 6.45) is 0.399. The second-order valence-electron chi connectivity index (χ2n) is 8.28. The first-order valence-corrected chi connectivity index (χ1v) is 10.8. The summed E-state index contributed by atoms with van der Waals surface area (Å²) in [6, 6.07) is 3.68. The van der Waals surface area contributed by atoms with Gasteiger partial charge in [-0.25, -0.2) is 0 Å². The van der Waals surface area contributed by atoms with Gasteiger partial charge in [0.1, 0.15) is 5.75 Å². The zero-order chi connectivity index (χ0) is 23.2. The summed E-state index contributed by atoms with van der Waals surface area (Å²) in [4.78, 5) is 31.9. The number of aromatic nitrogens is 5. The molecule has 0 saturated carbocycles. The molecule has 4 rings (SSSR count). The normalized spacial score (nSPS) is 13.6. The van der Waals surface area contributed by atoms with E-state index in [4.69, 9.17) is 16.3 Å². The second-order valence-corrected chi connectivity index (χ2v) is 8.66. The summed E-state index contributed by atoms with van der Waals surface area (Å²) in [7, 11) is 1.68. The Kier molecular flexibility index (Phi) is 5.77. The maximum atomic E-state index is 13.6. The summed E-state index contributed by atoms with van der Waals surface area (Å²) in [6.45, 7) is 8.11. The van der Waals surface area contributed by atoms with Crippen molar-refractivity contribution in [3.05, 3.63) is 55.5 Å². The summed E-state index contributed by atoms with van der Waals surface area (Å²) in [5.41, 5.74) is 3.80. The van der Waals surface area contributed by atoms with Gasteiger partial charge >= 0.3 is 0 Å². The maximum Gasteiger partial charge on any atom is 0.256 e. The third kappa shape index (κ3) is 4.00. The Balaban J connectivity index is 1.80. The van der Waals surface area contributed by atoms with E-state index in [0.29, 0.717) is 41.2 Å². The summed E-state index contributed by atoms with van der Waals surface area (Å²) in [5, 5.41) is 12.6. The SMILES string of the molecule is Cc1cc(C)c(CN2CCc3c(-c4nnn(C)n4)cc(OC(C)C)c(Cl)c3C2=O)c(=O)[nH]1. The monoisotopic (exact) mass is 456 g/mol. The standard InChI is InChI=1S/C22H25ClN6O3/c1-11(2)32-17-9-15(20-25-27-28(5)26-20)14-6-7-29(22(31)18(14)19(17)23)10-16-12(3)8-13(4)24-21(16)30/h8-9,11H,6-7,10H2,1-5H3,(H,24,30). The van der Waals surface area contributed by atoms with E-state index >= 15 is 0 Å².